The third-order valence-corrected chi connectivity index (χ3v) is 5.46. The molecule has 0 aliphatic rings. The summed E-state index contributed by atoms with van der Waals surface area (Å²) in [6.45, 7) is 0. The van der Waals surface area contributed by atoms with E-state index in [0.29, 0.717) is 20.9 Å². The summed E-state index contributed by atoms with van der Waals surface area (Å²) in [5.41, 5.74) is 0.918. The predicted octanol–water partition coefficient (Wildman–Crippen LogP) is 3.95. The van der Waals surface area contributed by atoms with Crippen molar-refractivity contribution in [2.24, 2.45) is 0 Å². The summed E-state index contributed by atoms with van der Waals surface area (Å²) < 4.78 is 27.9. The van der Waals surface area contributed by atoms with Crippen molar-refractivity contribution in [3.63, 3.8) is 0 Å². The van der Waals surface area contributed by atoms with E-state index in [1.54, 1.807) is 43.4 Å². The summed E-state index contributed by atoms with van der Waals surface area (Å²) in [6.07, 6.45) is 0. The van der Waals surface area contributed by atoms with Gasteiger partial charge in [0.2, 0.25) is 0 Å². The number of hydrogen-bond acceptors (Lipinski definition) is 3. The highest BCUT2D eigenvalue weighted by atomic mass is 79.9. The monoisotopic (exact) mass is 374 g/mol. The Morgan fingerprint density at radius 3 is 2.40 bits per heavy atom. The maximum atomic E-state index is 12.4. The van der Waals surface area contributed by atoms with E-state index in [1.165, 1.54) is 6.07 Å². The van der Waals surface area contributed by atoms with Crippen molar-refractivity contribution < 1.29 is 8.42 Å². The molecule has 0 aromatic heterocycles. The van der Waals surface area contributed by atoms with Crippen molar-refractivity contribution in [1.29, 1.82) is 0 Å². The number of para-hydroxylation sites is 1. The van der Waals surface area contributed by atoms with Crippen molar-refractivity contribution in [1.82, 2.24) is 0 Å². The molecule has 2 aromatic rings. The van der Waals surface area contributed by atoms with Crippen molar-refractivity contribution in [3.8, 4) is 0 Å². The van der Waals surface area contributed by atoms with Crippen molar-refractivity contribution in [3.05, 3.63) is 52.0 Å². The zero-order chi connectivity index (χ0) is 14.8. The van der Waals surface area contributed by atoms with Gasteiger partial charge in [0.15, 0.2) is 0 Å². The third-order valence-electron chi connectivity index (χ3n) is 2.64. The Bertz CT molecular complexity index is 735. The molecule has 106 valence electrons. The van der Waals surface area contributed by atoms with Gasteiger partial charge in [-0.3, -0.25) is 4.72 Å². The lowest BCUT2D eigenvalue weighted by Crippen LogP contribution is -2.15. The third kappa shape index (κ3) is 3.08. The van der Waals surface area contributed by atoms with Gasteiger partial charge in [0.1, 0.15) is 4.90 Å². The van der Waals surface area contributed by atoms with Gasteiger partial charge in [0, 0.05) is 7.05 Å². The first-order valence-electron chi connectivity index (χ1n) is 5.69. The Kier molecular flexibility index (Phi) is 4.57. The molecule has 2 rings (SSSR count). The molecule has 20 heavy (non-hydrogen) atoms. The molecule has 7 heteroatoms. The van der Waals surface area contributed by atoms with Crippen molar-refractivity contribution in [2.75, 3.05) is 17.1 Å². The van der Waals surface area contributed by atoms with E-state index < -0.39 is 10.0 Å². The van der Waals surface area contributed by atoms with Crippen LogP contribution in [0.25, 0.3) is 0 Å². The van der Waals surface area contributed by atoms with E-state index in [1.807, 2.05) is 0 Å². The standard InChI is InChI=1S/C13H12BrClN2O2S/c1-16-10-6-2-3-8-12(10)20(18,19)17-11-7-4-5-9(15)13(11)14/h2-8,16-17H,1H3. The van der Waals surface area contributed by atoms with Gasteiger partial charge in [0.25, 0.3) is 10.0 Å². The lowest BCUT2D eigenvalue weighted by Gasteiger charge is -2.13. The van der Waals surface area contributed by atoms with E-state index in [-0.39, 0.29) is 4.90 Å². The van der Waals surface area contributed by atoms with Gasteiger partial charge in [-0.1, -0.05) is 29.8 Å². The molecule has 2 N–H and O–H groups in total. The maximum absolute atomic E-state index is 12.4. The Hall–Kier alpha value is -1.24. The van der Waals surface area contributed by atoms with Gasteiger partial charge in [-0.25, -0.2) is 8.42 Å². The second-order valence-electron chi connectivity index (χ2n) is 3.95. The number of halogens is 2. The molecule has 0 unspecified atom stereocenters. The molecule has 0 aliphatic heterocycles. The molecular formula is C13H12BrClN2O2S. The fourth-order valence-corrected chi connectivity index (χ4v) is 3.65. The first kappa shape index (κ1) is 15.2. The minimum Gasteiger partial charge on any atom is -0.387 e. The van der Waals surface area contributed by atoms with Crippen LogP contribution in [0.1, 0.15) is 0 Å². The Morgan fingerprint density at radius 1 is 1.05 bits per heavy atom. The van der Waals surface area contributed by atoms with Gasteiger partial charge >= 0.3 is 0 Å². The van der Waals surface area contributed by atoms with Crippen LogP contribution in [0.4, 0.5) is 11.4 Å². The molecule has 4 nitrogen and oxygen atoms in total. The number of benzene rings is 2. The highest BCUT2D eigenvalue weighted by molar-refractivity contribution is 9.10. The summed E-state index contributed by atoms with van der Waals surface area (Å²) in [4.78, 5) is 0.175. The largest absolute Gasteiger partial charge is 0.387 e. The molecule has 0 aliphatic carbocycles. The smallest absolute Gasteiger partial charge is 0.263 e. The Morgan fingerprint density at radius 2 is 1.70 bits per heavy atom. The van der Waals surface area contributed by atoms with Crippen molar-refractivity contribution >= 4 is 48.9 Å². The summed E-state index contributed by atoms with van der Waals surface area (Å²) in [7, 11) is -2.03. The second-order valence-corrected chi connectivity index (χ2v) is 6.80. The highest BCUT2D eigenvalue weighted by Gasteiger charge is 2.19. The SMILES string of the molecule is CNc1ccccc1S(=O)(=O)Nc1cccc(Cl)c1Br. The molecule has 0 saturated carbocycles. The van der Waals surface area contributed by atoms with Crippen LogP contribution in [0.2, 0.25) is 5.02 Å². The molecule has 2 aromatic carbocycles. The molecular weight excluding hydrogens is 364 g/mol. The zero-order valence-electron chi connectivity index (χ0n) is 10.5. The maximum Gasteiger partial charge on any atom is 0.263 e. The average Bonchev–Trinajstić information content (AvgIpc) is 2.43. The first-order valence-corrected chi connectivity index (χ1v) is 8.35. The van der Waals surface area contributed by atoms with Crippen molar-refractivity contribution in [2.45, 2.75) is 4.90 Å². The molecule has 0 fully saturated rings. The average molecular weight is 376 g/mol. The second kappa shape index (κ2) is 6.03. The molecule has 0 amide bonds. The number of rotatable bonds is 4. The van der Waals surface area contributed by atoms with Crippen LogP contribution in [0, 0.1) is 0 Å². The van der Waals surface area contributed by atoms with E-state index in [4.69, 9.17) is 11.6 Å². The fourth-order valence-electron chi connectivity index (χ4n) is 1.69. The predicted molar refractivity (Wildman–Crippen MR) is 85.9 cm³/mol. The molecule has 0 saturated heterocycles. The van der Waals surface area contributed by atoms with Crippen LogP contribution in [0.15, 0.2) is 51.8 Å². The quantitative estimate of drug-likeness (QED) is 0.851. The minimum atomic E-state index is -3.70. The molecule has 0 radical (unpaired) electrons. The number of anilines is 2. The van der Waals surface area contributed by atoms with E-state index in [2.05, 4.69) is 26.0 Å². The van der Waals surface area contributed by atoms with Crippen LogP contribution in [-0.4, -0.2) is 15.5 Å². The summed E-state index contributed by atoms with van der Waals surface area (Å²) in [5, 5.41) is 3.29. The van der Waals surface area contributed by atoms with Gasteiger partial charge in [0.05, 0.1) is 20.9 Å². The van der Waals surface area contributed by atoms with E-state index in [9.17, 15) is 8.42 Å². The van der Waals surface area contributed by atoms with Crippen LogP contribution < -0.4 is 10.0 Å². The Labute approximate surface area is 131 Å². The molecule has 0 spiro atoms. The van der Waals surface area contributed by atoms with Crippen LogP contribution >= 0.6 is 27.5 Å². The fraction of sp³-hybridized carbons (Fsp3) is 0.0769. The summed E-state index contributed by atoms with van der Waals surface area (Å²) in [6, 6.07) is 11.6. The van der Waals surface area contributed by atoms with E-state index in [0.717, 1.165) is 0 Å². The molecule has 0 heterocycles. The van der Waals surface area contributed by atoms with Crippen LogP contribution in [0.5, 0.6) is 0 Å². The minimum absolute atomic E-state index is 0.175. The summed E-state index contributed by atoms with van der Waals surface area (Å²) >= 11 is 9.22. The Balaban J connectivity index is 2.44. The number of nitrogens with one attached hydrogen (secondary N) is 2. The molecule has 0 atom stereocenters. The van der Waals surface area contributed by atoms with Gasteiger partial charge in [-0.2, -0.15) is 0 Å². The lowest BCUT2D eigenvalue weighted by atomic mass is 10.3. The first-order chi connectivity index (χ1) is 9.45. The van der Waals surface area contributed by atoms with Crippen LogP contribution in [0.3, 0.4) is 0 Å². The lowest BCUT2D eigenvalue weighted by molar-refractivity contribution is 0.601. The normalized spacial score (nSPS) is 11.2. The highest BCUT2D eigenvalue weighted by Crippen LogP contribution is 2.32. The molecule has 0 bridgehead atoms. The van der Waals surface area contributed by atoms with Crippen LogP contribution in [-0.2, 0) is 10.0 Å². The van der Waals surface area contributed by atoms with Gasteiger partial charge < -0.3 is 5.32 Å². The van der Waals surface area contributed by atoms with Gasteiger partial charge in [-0.15, -0.1) is 0 Å². The van der Waals surface area contributed by atoms with E-state index >= 15 is 0 Å². The summed E-state index contributed by atoms with van der Waals surface area (Å²) in [5.74, 6) is 0. The van der Waals surface area contributed by atoms with Gasteiger partial charge in [-0.05, 0) is 40.2 Å². The number of hydrogen-bond donors (Lipinski definition) is 2. The zero-order valence-corrected chi connectivity index (χ0v) is 13.7. The number of sulfonamides is 1. The topological polar surface area (TPSA) is 58.2 Å².